The Bertz CT molecular complexity index is 877. The molecule has 150 valence electrons. The zero-order chi connectivity index (χ0) is 20.9. The molecule has 0 bridgehead atoms. The van der Waals surface area contributed by atoms with Crippen molar-refractivity contribution >= 4 is 23.6 Å². The van der Waals surface area contributed by atoms with Gasteiger partial charge in [0.15, 0.2) is 0 Å². The number of rotatable bonds is 5. The minimum Gasteiger partial charge on any atom is -0.406 e. The molecule has 1 N–H and O–H groups in total. The van der Waals surface area contributed by atoms with E-state index in [9.17, 15) is 31.1 Å². The van der Waals surface area contributed by atoms with Crippen molar-refractivity contribution in [2.75, 3.05) is 0 Å². The number of hydrogen-bond donors (Lipinski definition) is 1. The Morgan fingerprint density at radius 3 is 2.43 bits per heavy atom. The number of halogens is 7. The summed E-state index contributed by atoms with van der Waals surface area (Å²) in [6.45, 7) is -0.194. The smallest absolute Gasteiger partial charge is 0.406 e. The van der Waals surface area contributed by atoms with Gasteiger partial charge in [-0.25, -0.2) is 0 Å². The van der Waals surface area contributed by atoms with Gasteiger partial charge in [0.2, 0.25) is 5.91 Å². The molecule has 2 aromatic rings. The maximum absolute atomic E-state index is 12.8. The Morgan fingerprint density at radius 1 is 1.07 bits per heavy atom. The Hall–Kier alpha value is -2.68. The first-order valence-corrected chi connectivity index (χ1v) is 7.99. The molecule has 0 heterocycles. The fraction of sp³-hybridized carbons (Fsp3) is 0.167. The molecule has 0 aliphatic heterocycles. The van der Waals surface area contributed by atoms with Crippen LogP contribution in [0.2, 0.25) is 5.02 Å². The minimum absolute atomic E-state index is 0.180. The molecular formula is C18H12ClF6NO2. The number of carbonyl (C=O) groups excluding carboxylic acids is 1. The molecule has 3 nitrogen and oxygen atoms in total. The highest BCUT2D eigenvalue weighted by atomic mass is 35.5. The van der Waals surface area contributed by atoms with Gasteiger partial charge in [-0.1, -0.05) is 29.8 Å². The summed E-state index contributed by atoms with van der Waals surface area (Å²) >= 11 is 5.51. The van der Waals surface area contributed by atoms with Crippen molar-refractivity contribution in [3.8, 4) is 5.75 Å². The van der Waals surface area contributed by atoms with Crippen molar-refractivity contribution in [3.05, 3.63) is 70.3 Å². The Kier molecular flexibility index (Phi) is 6.60. The summed E-state index contributed by atoms with van der Waals surface area (Å²) < 4.78 is 78.8. The zero-order valence-corrected chi connectivity index (χ0v) is 14.6. The lowest BCUT2D eigenvalue weighted by Gasteiger charge is -2.11. The highest BCUT2D eigenvalue weighted by Crippen LogP contribution is 2.35. The van der Waals surface area contributed by atoms with E-state index in [-0.39, 0.29) is 17.7 Å². The quantitative estimate of drug-likeness (QED) is 0.503. The van der Waals surface area contributed by atoms with Gasteiger partial charge in [0, 0.05) is 12.6 Å². The van der Waals surface area contributed by atoms with E-state index in [0.29, 0.717) is 0 Å². The van der Waals surface area contributed by atoms with Crippen molar-refractivity contribution < 1.29 is 35.9 Å². The van der Waals surface area contributed by atoms with Gasteiger partial charge < -0.3 is 10.1 Å². The Balaban J connectivity index is 1.99. The lowest BCUT2D eigenvalue weighted by molar-refractivity contribution is -0.274. The average molecular weight is 424 g/mol. The third-order valence-electron chi connectivity index (χ3n) is 3.32. The van der Waals surface area contributed by atoms with Gasteiger partial charge in [-0.05, 0) is 41.5 Å². The molecule has 2 aromatic carbocycles. The first-order valence-electron chi connectivity index (χ1n) is 7.61. The zero-order valence-electron chi connectivity index (χ0n) is 13.9. The molecular weight excluding hydrogens is 412 g/mol. The third-order valence-corrected chi connectivity index (χ3v) is 3.65. The van der Waals surface area contributed by atoms with Gasteiger partial charge in [0.25, 0.3) is 0 Å². The number of hydrogen-bond acceptors (Lipinski definition) is 2. The van der Waals surface area contributed by atoms with E-state index in [1.54, 1.807) is 0 Å². The van der Waals surface area contributed by atoms with E-state index in [1.807, 2.05) is 0 Å². The number of alkyl halides is 6. The molecule has 0 aromatic heterocycles. The lowest BCUT2D eigenvalue weighted by Crippen LogP contribution is -2.20. The number of ether oxygens (including phenoxy) is 1. The summed E-state index contributed by atoms with van der Waals surface area (Å²) in [6, 6.07) is 8.17. The summed E-state index contributed by atoms with van der Waals surface area (Å²) in [4.78, 5) is 11.8. The molecule has 0 atom stereocenters. The van der Waals surface area contributed by atoms with Crippen molar-refractivity contribution in [1.29, 1.82) is 0 Å². The second-order valence-corrected chi connectivity index (χ2v) is 5.89. The van der Waals surface area contributed by atoms with E-state index in [4.69, 9.17) is 11.6 Å². The summed E-state index contributed by atoms with van der Waals surface area (Å²) in [7, 11) is 0. The first kappa shape index (κ1) is 21.6. The van der Waals surface area contributed by atoms with Crippen LogP contribution in [0.1, 0.15) is 16.7 Å². The molecule has 1 amide bonds. The second kappa shape index (κ2) is 8.55. The highest BCUT2D eigenvalue weighted by Gasteiger charge is 2.33. The maximum atomic E-state index is 12.8. The summed E-state index contributed by atoms with van der Waals surface area (Å²) in [6.07, 6.45) is -7.19. The van der Waals surface area contributed by atoms with Gasteiger partial charge in [0.1, 0.15) is 5.75 Å². The first-order chi connectivity index (χ1) is 12.9. The molecule has 2 rings (SSSR count). The third kappa shape index (κ3) is 6.80. The normalized spacial score (nSPS) is 12.2. The Labute approximate surface area is 160 Å². The maximum Gasteiger partial charge on any atom is 0.573 e. The standard InChI is InChI=1S/C18H12ClF6NO2/c19-15-6-4-12(9-14(15)17(20,21)22)10-26-16(27)7-5-11-2-1-3-13(8-11)28-18(23,24)25/h1-9H,10H2,(H,26,27). The van der Waals surface area contributed by atoms with Gasteiger partial charge in [0.05, 0.1) is 10.6 Å². The minimum atomic E-state index is -4.84. The van der Waals surface area contributed by atoms with Gasteiger partial charge >= 0.3 is 12.5 Å². The van der Waals surface area contributed by atoms with E-state index in [2.05, 4.69) is 10.1 Å². The van der Waals surface area contributed by atoms with Crippen LogP contribution >= 0.6 is 11.6 Å². The number of amides is 1. The van der Waals surface area contributed by atoms with E-state index < -0.39 is 34.8 Å². The molecule has 10 heteroatoms. The molecule has 0 saturated heterocycles. The molecule has 0 unspecified atom stereocenters. The van der Waals surface area contributed by atoms with Crippen LogP contribution in [0.3, 0.4) is 0 Å². The van der Waals surface area contributed by atoms with Crippen molar-refractivity contribution in [3.63, 3.8) is 0 Å². The molecule has 0 fully saturated rings. The van der Waals surface area contributed by atoms with Crippen molar-refractivity contribution in [2.24, 2.45) is 0 Å². The lowest BCUT2D eigenvalue weighted by atomic mass is 10.1. The topological polar surface area (TPSA) is 38.3 Å². The van der Waals surface area contributed by atoms with Gasteiger partial charge in [-0.2, -0.15) is 13.2 Å². The molecule has 0 spiro atoms. The predicted octanol–water partition coefficient (Wildman–Crippen LogP) is 5.59. The number of benzene rings is 2. The van der Waals surface area contributed by atoms with Crippen LogP contribution in [-0.4, -0.2) is 12.3 Å². The van der Waals surface area contributed by atoms with Crippen LogP contribution in [0, 0.1) is 0 Å². The Morgan fingerprint density at radius 2 is 1.79 bits per heavy atom. The van der Waals surface area contributed by atoms with E-state index in [1.165, 1.54) is 24.3 Å². The van der Waals surface area contributed by atoms with Crippen LogP contribution in [0.5, 0.6) is 5.75 Å². The van der Waals surface area contributed by atoms with Crippen molar-refractivity contribution in [1.82, 2.24) is 5.32 Å². The fourth-order valence-electron chi connectivity index (χ4n) is 2.13. The molecule has 28 heavy (non-hydrogen) atoms. The van der Waals surface area contributed by atoms with Crippen LogP contribution in [-0.2, 0) is 17.5 Å². The largest absolute Gasteiger partial charge is 0.573 e. The predicted molar refractivity (Wildman–Crippen MR) is 90.5 cm³/mol. The summed E-state index contributed by atoms with van der Waals surface area (Å²) in [5, 5.41) is 1.92. The summed E-state index contributed by atoms with van der Waals surface area (Å²) in [5.74, 6) is -1.10. The average Bonchev–Trinajstić information content (AvgIpc) is 2.57. The summed E-state index contributed by atoms with van der Waals surface area (Å²) in [5.41, 5.74) is -0.570. The molecule has 0 aliphatic rings. The van der Waals surface area contributed by atoms with E-state index in [0.717, 1.165) is 30.3 Å². The molecule has 0 radical (unpaired) electrons. The monoisotopic (exact) mass is 423 g/mol. The molecule has 0 aliphatic carbocycles. The SMILES string of the molecule is O=C(C=Cc1cccc(OC(F)(F)F)c1)NCc1ccc(Cl)c(C(F)(F)F)c1. The van der Waals surface area contributed by atoms with Gasteiger partial charge in [-0.3, -0.25) is 4.79 Å². The second-order valence-electron chi connectivity index (χ2n) is 5.48. The van der Waals surface area contributed by atoms with Crippen LogP contribution < -0.4 is 10.1 Å². The van der Waals surface area contributed by atoms with Crippen LogP contribution in [0.4, 0.5) is 26.3 Å². The van der Waals surface area contributed by atoms with Crippen molar-refractivity contribution in [2.45, 2.75) is 19.1 Å². The van der Waals surface area contributed by atoms with Gasteiger partial charge in [-0.15, -0.1) is 13.2 Å². The number of carbonyl (C=O) groups is 1. The van der Waals surface area contributed by atoms with Crippen LogP contribution in [0.25, 0.3) is 6.08 Å². The highest BCUT2D eigenvalue weighted by molar-refractivity contribution is 6.31. The number of nitrogens with one attached hydrogen (secondary N) is 1. The fourth-order valence-corrected chi connectivity index (χ4v) is 2.36. The van der Waals surface area contributed by atoms with Crippen LogP contribution in [0.15, 0.2) is 48.5 Å². The molecule has 0 saturated carbocycles. The van der Waals surface area contributed by atoms with E-state index >= 15 is 0 Å².